The number of carbonyl (C=O) groups excluding carboxylic acids is 1. The second-order valence-electron chi connectivity index (χ2n) is 8.45. The van der Waals surface area contributed by atoms with E-state index in [9.17, 15) is 4.79 Å². The molecule has 0 radical (unpaired) electrons. The molecule has 0 aliphatic heterocycles. The van der Waals surface area contributed by atoms with Gasteiger partial charge in [-0.2, -0.15) is 0 Å². The Labute approximate surface area is 187 Å². The summed E-state index contributed by atoms with van der Waals surface area (Å²) in [6.07, 6.45) is 5.73. The van der Waals surface area contributed by atoms with Crippen LogP contribution < -0.4 is 10.1 Å². The quantitative estimate of drug-likeness (QED) is 0.583. The fourth-order valence-corrected chi connectivity index (χ4v) is 5.10. The summed E-state index contributed by atoms with van der Waals surface area (Å²) in [6.45, 7) is 4.83. The minimum absolute atomic E-state index is 0.0742. The van der Waals surface area contributed by atoms with E-state index >= 15 is 0 Å². The first-order valence-electron chi connectivity index (χ1n) is 10.8. The van der Waals surface area contributed by atoms with E-state index in [2.05, 4.69) is 33.9 Å². The van der Waals surface area contributed by atoms with Crippen molar-refractivity contribution >= 4 is 29.3 Å². The Hall–Kier alpha value is -1.73. The van der Waals surface area contributed by atoms with Gasteiger partial charge in [-0.3, -0.25) is 9.36 Å². The van der Waals surface area contributed by atoms with Crippen molar-refractivity contribution in [2.75, 3.05) is 5.75 Å². The SMILES string of the molecule is C[C@@H]1[C@H](C)CCC[C@@H]1NC(=O)CSc1nnc(COc2ccccc2Cl)n1C1CC1. The molecule has 3 atom stereocenters. The molecule has 1 aromatic carbocycles. The fourth-order valence-electron chi connectivity index (χ4n) is 4.07. The normalized spacial score (nSPS) is 23.9. The van der Waals surface area contributed by atoms with Crippen molar-refractivity contribution in [2.45, 2.75) is 69.8 Å². The average Bonchev–Trinajstić information content (AvgIpc) is 3.49. The number of para-hydroxylation sites is 1. The Morgan fingerprint density at radius 2 is 2.03 bits per heavy atom. The first kappa shape index (κ1) is 21.5. The van der Waals surface area contributed by atoms with Crippen LogP contribution in [0.5, 0.6) is 5.75 Å². The minimum atomic E-state index is 0.0742. The molecule has 0 bridgehead atoms. The zero-order valence-corrected chi connectivity index (χ0v) is 19.1. The number of nitrogens with zero attached hydrogens (tertiary/aromatic N) is 3. The van der Waals surface area contributed by atoms with Crippen LogP contribution in [0, 0.1) is 11.8 Å². The number of benzene rings is 1. The molecule has 1 heterocycles. The highest BCUT2D eigenvalue weighted by Crippen LogP contribution is 2.39. The van der Waals surface area contributed by atoms with Crippen molar-refractivity contribution in [1.29, 1.82) is 0 Å². The Morgan fingerprint density at radius 3 is 2.80 bits per heavy atom. The van der Waals surface area contributed by atoms with Crippen molar-refractivity contribution in [1.82, 2.24) is 20.1 Å². The average molecular weight is 449 g/mol. The molecule has 2 aliphatic rings. The minimum Gasteiger partial charge on any atom is -0.484 e. The van der Waals surface area contributed by atoms with Crippen molar-refractivity contribution in [3.63, 3.8) is 0 Å². The third kappa shape index (κ3) is 5.11. The Bertz CT molecular complexity index is 886. The molecule has 0 spiro atoms. The lowest BCUT2D eigenvalue weighted by Gasteiger charge is -2.34. The molecule has 1 aromatic heterocycles. The molecule has 2 aromatic rings. The number of halogens is 1. The maximum Gasteiger partial charge on any atom is 0.230 e. The van der Waals surface area contributed by atoms with Gasteiger partial charge in [-0.1, -0.05) is 62.2 Å². The molecule has 2 aliphatic carbocycles. The number of thioether (sulfide) groups is 1. The highest BCUT2D eigenvalue weighted by molar-refractivity contribution is 7.99. The molecule has 2 fully saturated rings. The highest BCUT2D eigenvalue weighted by Gasteiger charge is 2.31. The summed E-state index contributed by atoms with van der Waals surface area (Å²) < 4.78 is 7.98. The van der Waals surface area contributed by atoms with Gasteiger partial charge >= 0.3 is 0 Å². The van der Waals surface area contributed by atoms with E-state index < -0.39 is 0 Å². The zero-order valence-electron chi connectivity index (χ0n) is 17.5. The van der Waals surface area contributed by atoms with Crippen LogP contribution in [0.15, 0.2) is 29.4 Å². The third-order valence-corrected chi connectivity index (χ3v) is 7.48. The number of amides is 1. The Balaban J connectivity index is 1.35. The van der Waals surface area contributed by atoms with Crippen LogP contribution in [0.1, 0.15) is 57.8 Å². The van der Waals surface area contributed by atoms with Gasteiger partial charge < -0.3 is 10.1 Å². The van der Waals surface area contributed by atoms with Gasteiger partial charge in [0.15, 0.2) is 11.0 Å². The fraction of sp³-hybridized carbons (Fsp3) is 0.591. The summed E-state index contributed by atoms with van der Waals surface area (Å²) in [5.74, 6) is 3.02. The number of ether oxygens (including phenoxy) is 1. The van der Waals surface area contributed by atoms with E-state index in [1.54, 1.807) is 6.07 Å². The van der Waals surface area contributed by atoms with E-state index in [1.165, 1.54) is 24.6 Å². The predicted octanol–water partition coefficient (Wildman–Crippen LogP) is 4.88. The van der Waals surface area contributed by atoms with Gasteiger partial charge in [0.2, 0.25) is 5.91 Å². The first-order chi connectivity index (χ1) is 14.5. The molecule has 1 amide bonds. The van der Waals surface area contributed by atoms with Crippen molar-refractivity contribution in [3.8, 4) is 5.75 Å². The van der Waals surface area contributed by atoms with Crippen LogP contribution in [0.2, 0.25) is 5.02 Å². The van der Waals surface area contributed by atoms with Gasteiger partial charge in [0.1, 0.15) is 12.4 Å². The van der Waals surface area contributed by atoms with Gasteiger partial charge in [0, 0.05) is 12.1 Å². The second kappa shape index (κ2) is 9.60. The number of hydrogen-bond acceptors (Lipinski definition) is 5. The highest BCUT2D eigenvalue weighted by atomic mass is 35.5. The van der Waals surface area contributed by atoms with Gasteiger partial charge in [-0.15, -0.1) is 10.2 Å². The van der Waals surface area contributed by atoms with Gasteiger partial charge in [-0.05, 0) is 43.2 Å². The van der Waals surface area contributed by atoms with Crippen LogP contribution in [0.4, 0.5) is 0 Å². The van der Waals surface area contributed by atoms with Crippen LogP contribution >= 0.6 is 23.4 Å². The van der Waals surface area contributed by atoms with Crippen molar-refractivity contribution in [2.24, 2.45) is 11.8 Å². The largest absolute Gasteiger partial charge is 0.484 e. The van der Waals surface area contributed by atoms with Crippen LogP contribution in [0.25, 0.3) is 0 Å². The lowest BCUT2D eigenvalue weighted by atomic mass is 9.78. The number of carbonyl (C=O) groups is 1. The number of hydrogen-bond donors (Lipinski definition) is 1. The first-order valence-corrected chi connectivity index (χ1v) is 12.1. The summed E-state index contributed by atoms with van der Waals surface area (Å²) in [5.41, 5.74) is 0. The summed E-state index contributed by atoms with van der Waals surface area (Å²) in [5, 5.41) is 13.3. The smallest absolute Gasteiger partial charge is 0.230 e. The van der Waals surface area contributed by atoms with Crippen molar-refractivity contribution < 1.29 is 9.53 Å². The van der Waals surface area contributed by atoms with Crippen LogP contribution in [0.3, 0.4) is 0 Å². The van der Waals surface area contributed by atoms with Gasteiger partial charge in [0.05, 0.1) is 10.8 Å². The maximum absolute atomic E-state index is 12.6. The molecule has 4 rings (SSSR count). The number of aromatic nitrogens is 3. The maximum atomic E-state index is 12.6. The monoisotopic (exact) mass is 448 g/mol. The van der Waals surface area contributed by atoms with Gasteiger partial charge in [0.25, 0.3) is 0 Å². The lowest BCUT2D eigenvalue weighted by Crippen LogP contribution is -2.44. The summed E-state index contributed by atoms with van der Waals surface area (Å²) in [6, 6.07) is 8.08. The van der Waals surface area contributed by atoms with Crippen LogP contribution in [-0.2, 0) is 11.4 Å². The topological polar surface area (TPSA) is 69.0 Å². The second-order valence-corrected chi connectivity index (χ2v) is 9.80. The van der Waals surface area contributed by atoms with E-state index in [-0.39, 0.29) is 11.9 Å². The molecule has 1 N–H and O–H groups in total. The number of nitrogens with one attached hydrogen (secondary N) is 1. The van der Waals surface area contributed by atoms with Crippen LogP contribution in [-0.4, -0.2) is 32.5 Å². The lowest BCUT2D eigenvalue weighted by molar-refractivity contribution is -0.120. The van der Waals surface area contributed by atoms with Gasteiger partial charge in [-0.25, -0.2) is 0 Å². The molecular formula is C22H29ClN4O2S. The summed E-state index contributed by atoms with van der Waals surface area (Å²) in [4.78, 5) is 12.6. The predicted molar refractivity (Wildman–Crippen MR) is 119 cm³/mol. The molecule has 6 nitrogen and oxygen atoms in total. The molecular weight excluding hydrogens is 420 g/mol. The Kier molecular flexibility index (Phi) is 6.88. The molecule has 0 unspecified atom stereocenters. The molecule has 8 heteroatoms. The summed E-state index contributed by atoms with van der Waals surface area (Å²) in [7, 11) is 0. The molecule has 2 saturated carbocycles. The Morgan fingerprint density at radius 1 is 1.23 bits per heavy atom. The van der Waals surface area contributed by atoms with E-state index in [0.717, 1.165) is 30.2 Å². The molecule has 162 valence electrons. The van der Waals surface area contributed by atoms with E-state index in [1.807, 2.05) is 18.2 Å². The molecule has 0 saturated heterocycles. The third-order valence-electron chi connectivity index (χ3n) is 6.23. The zero-order chi connectivity index (χ0) is 21.1. The van der Waals surface area contributed by atoms with E-state index in [0.29, 0.717) is 41.0 Å². The number of rotatable bonds is 8. The molecule has 30 heavy (non-hydrogen) atoms. The van der Waals surface area contributed by atoms with E-state index in [4.69, 9.17) is 16.3 Å². The van der Waals surface area contributed by atoms with Crippen molar-refractivity contribution in [3.05, 3.63) is 35.1 Å². The standard InChI is InChI=1S/C22H29ClN4O2S/c1-14-6-5-8-18(15(14)2)24-21(28)13-30-22-26-25-20(27(22)16-10-11-16)12-29-19-9-4-3-7-17(19)23/h3-4,7,9,14-16,18H,5-6,8,10-13H2,1-2H3,(H,24,28)/t14-,15-,18+/m1/s1. The summed E-state index contributed by atoms with van der Waals surface area (Å²) >= 11 is 7.63.